The molecule has 184 valence electrons. The lowest BCUT2D eigenvalue weighted by Gasteiger charge is -2.28. The molecule has 0 spiro atoms. The number of likely N-dealkylation sites (N-methyl/N-ethyl adjacent to an activating group) is 1. The highest BCUT2D eigenvalue weighted by molar-refractivity contribution is 5.86. The summed E-state index contributed by atoms with van der Waals surface area (Å²) in [5, 5.41) is 0. The minimum absolute atomic E-state index is 0.308. The highest BCUT2D eigenvalue weighted by Crippen LogP contribution is 2.28. The minimum atomic E-state index is 0.308. The Balaban J connectivity index is 1.45. The number of nitrogens with zero attached hydrogens (tertiary/aromatic N) is 8. The average molecular weight is 477 g/mol. The molecule has 10 nitrogen and oxygen atoms in total. The SMILES string of the molecule is Cc1nc2ccccc2n1-c1nc(N2CCOCC2)c2nc(CN(C)CC3CCCO3)n(C)c2n1. The second-order valence-electron chi connectivity index (χ2n) is 9.52. The van der Waals surface area contributed by atoms with Crippen molar-refractivity contribution in [1.29, 1.82) is 0 Å². The number of aryl methyl sites for hydroxylation is 2. The van der Waals surface area contributed by atoms with E-state index in [1.807, 2.05) is 36.7 Å². The Bertz CT molecular complexity index is 1350. The maximum Gasteiger partial charge on any atom is 0.239 e. The van der Waals surface area contributed by atoms with Gasteiger partial charge < -0.3 is 18.9 Å². The van der Waals surface area contributed by atoms with Crippen molar-refractivity contribution in [2.24, 2.45) is 7.05 Å². The minimum Gasteiger partial charge on any atom is -0.378 e. The number of hydrogen-bond acceptors (Lipinski definition) is 8. The molecule has 1 aromatic carbocycles. The van der Waals surface area contributed by atoms with E-state index in [2.05, 4.69) is 27.5 Å². The number of para-hydroxylation sites is 2. The van der Waals surface area contributed by atoms with Crippen molar-refractivity contribution in [2.45, 2.75) is 32.4 Å². The number of morpholine rings is 1. The van der Waals surface area contributed by atoms with E-state index in [0.717, 1.165) is 85.3 Å². The molecule has 6 rings (SSSR count). The number of fused-ring (bicyclic) bond motifs is 2. The van der Waals surface area contributed by atoms with E-state index in [9.17, 15) is 0 Å². The predicted molar refractivity (Wildman–Crippen MR) is 134 cm³/mol. The number of ether oxygens (including phenoxy) is 2. The second-order valence-corrected chi connectivity index (χ2v) is 9.52. The molecule has 0 N–H and O–H groups in total. The quantitative estimate of drug-likeness (QED) is 0.420. The Morgan fingerprint density at radius 3 is 2.69 bits per heavy atom. The molecule has 10 heteroatoms. The fourth-order valence-corrected chi connectivity index (χ4v) is 5.16. The fourth-order valence-electron chi connectivity index (χ4n) is 5.16. The third-order valence-electron chi connectivity index (χ3n) is 6.97. The van der Waals surface area contributed by atoms with E-state index in [1.165, 1.54) is 0 Å². The Morgan fingerprint density at radius 1 is 1.06 bits per heavy atom. The van der Waals surface area contributed by atoms with Gasteiger partial charge in [0.1, 0.15) is 11.6 Å². The van der Waals surface area contributed by atoms with Crippen LogP contribution in [0, 0.1) is 6.92 Å². The molecule has 35 heavy (non-hydrogen) atoms. The van der Waals surface area contributed by atoms with E-state index in [4.69, 9.17) is 29.4 Å². The van der Waals surface area contributed by atoms with E-state index >= 15 is 0 Å². The van der Waals surface area contributed by atoms with Gasteiger partial charge in [0.15, 0.2) is 17.0 Å². The van der Waals surface area contributed by atoms with Crippen LogP contribution >= 0.6 is 0 Å². The van der Waals surface area contributed by atoms with Gasteiger partial charge in [-0.3, -0.25) is 9.47 Å². The van der Waals surface area contributed by atoms with Crippen molar-refractivity contribution >= 4 is 28.0 Å². The van der Waals surface area contributed by atoms with Crippen LogP contribution in [-0.2, 0) is 23.1 Å². The normalized spacial score (nSPS) is 19.0. The molecule has 0 aliphatic carbocycles. The van der Waals surface area contributed by atoms with E-state index < -0.39 is 0 Å². The number of aromatic nitrogens is 6. The number of imidazole rings is 2. The first kappa shape index (κ1) is 22.4. The number of rotatable bonds is 6. The van der Waals surface area contributed by atoms with Crippen LogP contribution in [-0.4, -0.2) is 86.6 Å². The molecular formula is C25H32N8O2. The number of hydrogen-bond donors (Lipinski definition) is 0. The Kier molecular flexibility index (Phi) is 5.87. The second kappa shape index (κ2) is 9.18. The zero-order valence-corrected chi connectivity index (χ0v) is 20.6. The number of benzene rings is 1. The van der Waals surface area contributed by atoms with Crippen molar-refractivity contribution in [3.63, 3.8) is 0 Å². The van der Waals surface area contributed by atoms with Gasteiger partial charge in [0.05, 0.1) is 36.9 Å². The van der Waals surface area contributed by atoms with Crippen LogP contribution in [0.3, 0.4) is 0 Å². The van der Waals surface area contributed by atoms with Gasteiger partial charge in [-0.25, -0.2) is 9.97 Å². The molecule has 2 aliphatic heterocycles. The molecule has 2 saturated heterocycles. The monoisotopic (exact) mass is 476 g/mol. The topological polar surface area (TPSA) is 86.4 Å². The molecule has 0 bridgehead atoms. The van der Waals surface area contributed by atoms with Gasteiger partial charge in [0, 0.05) is 33.3 Å². The summed E-state index contributed by atoms with van der Waals surface area (Å²) in [5.74, 6) is 3.30. The molecule has 1 atom stereocenters. The zero-order valence-electron chi connectivity index (χ0n) is 20.6. The molecule has 3 aromatic heterocycles. The lowest BCUT2D eigenvalue weighted by molar-refractivity contribution is 0.0784. The lowest BCUT2D eigenvalue weighted by Crippen LogP contribution is -2.37. The smallest absolute Gasteiger partial charge is 0.239 e. The highest BCUT2D eigenvalue weighted by atomic mass is 16.5. The molecule has 0 amide bonds. The van der Waals surface area contributed by atoms with Crippen LogP contribution in [0.5, 0.6) is 0 Å². The summed E-state index contributed by atoms with van der Waals surface area (Å²) in [6.45, 7) is 7.40. The summed E-state index contributed by atoms with van der Waals surface area (Å²) < 4.78 is 15.6. The third-order valence-corrected chi connectivity index (χ3v) is 6.97. The maximum atomic E-state index is 5.83. The first-order valence-corrected chi connectivity index (χ1v) is 12.4. The number of anilines is 1. The standard InChI is InChI=1S/C25H32N8O2/c1-17-26-19-8-4-5-9-20(19)33(17)25-28-23-22(24(29-25)32-10-13-34-14-11-32)27-21(31(23)3)16-30(2)15-18-7-6-12-35-18/h4-5,8-9,18H,6-7,10-16H2,1-3H3. The molecular weight excluding hydrogens is 444 g/mol. The summed E-state index contributed by atoms with van der Waals surface area (Å²) in [7, 11) is 4.17. The van der Waals surface area contributed by atoms with Crippen LogP contribution in [0.2, 0.25) is 0 Å². The van der Waals surface area contributed by atoms with Gasteiger partial charge in [-0.1, -0.05) is 12.1 Å². The van der Waals surface area contributed by atoms with E-state index in [-0.39, 0.29) is 0 Å². The highest BCUT2D eigenvalue weighted by Gasteiger charge is 2.25. The molecule has 5 heterocycles. The zero-order chi connectivity index (χ0) is 23.9. The molecule has 4 aromatic rings. The maximum absolute atomic E-state index is 5.83. The Labute approximate surface area is 204 Å². The van der Waals surface area contributed by atoms with Gasteiger partial charge >= 0.3 is 0 Å². The van der Waals surface area contributed by atoms with Crippen molar-refractivity contribution in [3.05, 3.63) is 35.9 Å². The van der Waals surface area contributed by atoms with Gasteiger partial charge in [-0.15, -0.1) is 0 Å². The lowest BCUT2D eigenvalue weighted by atomic mass is 10.2. The molecule has 1 unspecified atom stereocenters. The van der Waals surface area contributed by atoms with Crippen LogP contribution in [0.1, 0.15) is 24.5 Å². The molecule has 0 saturated carbocycles. The van der Waals surface area contributed by atoms with Crippen molar-refractivity contribution in [2.75, 3.05) is 51.4 Å². The Hall–Kier alpha value is -3.08. The summed E-state index contributed by atoms with van der Waals surface area (Å²) in [6, 6.07) is 8.11. The first-order chi connectivity index (χ1) is 17.1. The Morgan fingerprint density at radius 2 is 1.89 bits per heavy atom. The summed E-state index contributed by atoms with van der Waals surface area (Å²) in [5.41, 5.74) is 3.59. The first-order valence-electron chi connectivity index (χ1n) is 12.4. The summed E-state index contributed by atoms with van der Waals surface area (Å²) >= 11 is 0. The summed E-state index contributed by atoms with van der Waals surface area (Å²) in [6.07, 6.45) is 2.58. The fraction of sp³-hybridized carbons (Fsp3) is 0.520. The average Bonchev–Trinajstić information content (AvgIpc) is 3.57. The van der Waals surface area contributed by atoms with Crippen LogP contribution in [0.15, 0.2) is 24.3 Å². The molecule has 0 radical (unpaired) electrons. The summed E-state index contributed by atoms with van der Waals surface area (Å²) in [4.78, 5) is 24.4. The van der Waals surface area contributed by atoms with Crippen molar-refractivity contribution in [1.82, 2.24) is 34.0 Å². The predicted octanol–water partition coefficient (Wildman–Crippen LogP) is 2.46. The van der Waals surface area contributed by atoms with Gasteiger partial charge in [-0.05, 0) is 38.9 Å². The van der Waals surface area contributed by atoms with Gasteiger partial charge in [-0.2, -0.15) is 9.97 Å². The molecule has 2 fully saturated rings. The van der Waals surface area contributed by atoms with Gasteiger partial charge in [0.2, 0.25) is 5.95 Å². The third kappa shape index (κ3) is 4.15. The van der Waals surface area contributed by atoms with Crippen LogP contribution in [0.4, 0.5) is 5.82 Å². The molecule has 2 aliphatic rings. The van der Waals surface area contributed by atoms with E-state index in [0.29, 0.717) is 25.3 Å². The van der Waals surface area contributed by atoms with E-state index in [1.54, 1.807) is 0 Å². The van der Waals surface area contributed by atoms with Gasteiger partial charge in [0.25, 0.3) is 0 Å². The van der Waals surface area contributed by atoms with Crippen LogP contribution in [0.25, 0.3) is 28.1 Å². The van der Waals surface area contributed by atoms with Crippen LogP contribution < -0.4 is 4.90 Å². The van der Waals surface area contributed by atoms with Crippen molar-refractivity contribution in [3.8, 4) is 5.95 Å². The van der Waals surface area contributed by atoms with Crippen molar-refractivity contribution < 1.29 is 9.47 Å². The largest absolute Gasteiger partial charge is 0.378 e.